The van der Waals surface area contributed by atoms with Crippen LogP contribution in [0.3, 0.4) is 0 Å². The van der Waals surface area contributed by atoms with Crippen molar-refractivity contribution in [2.45, 2.75) is 45.6 Å². The van der Waals surface area contributed by atoms with Crippen LogP contribution in [0.15, 0.2) is 53.6 Å². The number of hydrogen-bond acceptors (Lipinski definition) is 4. The standard InChI is InChI=1S/C20H20ClN3O2.C4H8/c21-18(22)6-5-13-11-17-19(16-4-2-1-3-15(13)16)23-12-24(20(17)25)14-7-9-26-10-8-14;1-3-4-2/h1-4,11-12,14,22H,5-10H2;3-4H,1-2H3/b;4-3+. The molecule has 1 saturated heterocycles. The molecule has 2 heterocycles. The SMILES string of the molecule is C/C=C/C.N=C(Cl)CCc1cc2c(=O)n(C3CCOCC3)cnc2c2ccccc12. The van der Waals surface area contributed by atoms with E-state index in [0.29, 0.717) is 31.4 Å². The van der Waals surface area contributed by atoms with E-state index in [1.165, 1.54) is 0 Å². The fraction of sp³-hybridized carbons (Fsp3) is 0.375. The number of aromatic nitrogens is 2. The lowest BCUT2D eigenvalue weighted by Crippen LogP contribution is -2.29. The van der Waals surface area contributed by atoms with Crippen molar-refractivity contribution in [2.24, 2.45) is 0 Å². The third-order valence-corrected chi connectivity index (χ3v) is 5.60. The molecular weight excluding hydrogens is 398 g/mol. The molecule has 0 saturated carbocycles. The summed E-state index contributed by atoms with van der Waals surface area (Å²) in [4.78, 5) is 17.8. The Morgan fingerprint density at radius 3 is 2.50 bits per heavy atom. The normalized spacial score (nSPS) is 14.8. The van der Waals surface area contributed by atoms with E-state index in [1.807, 2.05) is 56.3 Å². The largest absolute Gasteiger partial charge is 0.381 e. The van der Waals surface area contributed by atoms with Gasteiger partial charge in [-0.3, -0.25) is 14.8 Å². The number of nitrogens with zero attached hydrogens (tertiary/aromatic N) is 2. The first kappa shape index (κ1) is 22.2. The number of allylic oxidation sites excluding steroid dienone is 2. The molecular formula is C24H28ClN3O2. The average Bonchev–Trinajstić information content (AvgIpc) is 2.78. The summed E-state index contributed by atoms with van der Waals surface area (Å²) in [5, 5.41) is 10.3. The molecule has 6 heteroatoms. The lowest BCUT2D eigenvalue weighted by atomic mass is 9.98. The fourth-order valence-electron chi connectivity index (χ4n) is 3.72. The van der Waals surface area contributed by atoms with E-state index in [4.69, 9.17) is 21.7 Å². The Bertz CT molecular complexity index is 1110. The first-order chi connectivity index (χ1) is 14.6. The lowest BCUT2D eigenvalue weighted by molar-refractivity contribution is 0.0685. The van der Waals surface area contributed by atoms with Gasteiger partial charge in [-0.1, -0.05) is 48.0 Å². The van der Waals surface area contributed by atoms with Gasteiger partial charge >= 0.3 is 0 Å². The predicted octanol–water partition coefficient (Wildman–Crippen LogP) is 5.63. The Hall–Kier alpha value is -2.50. The summed E-state index contributed by atoms with van der Waals surface area (Å²) in [6, 6.07) is 10.0. The highest BCUT2D eigenvalue weighted by molar-refractivity contribution is 6.64. The molecule has 0 unspecified atom stereocenters. The van der Waals surface area contributed by atoms with Gasteiger partial charge in [0.25, 0.3) is 5.56 Å². The number of hydrogen-bond donors (Lipinski definition) is 1. The molecule has 5 nitrogen and oxygen atoms in total. The second-order valence-electron chi connectivity index (χ2n) is 7.35. The average molecular weight is 426 g/mol. The third-order valence-electron chi connectivity index (χ3n) is 5.41. The molecule has 0 spiro atoms. The van der Waals surface area contributed by atoms with Crippen LogP contribution >= 0.6 is 11.6 Å². The van der Waals surface area contributed by atoms with Crippen LogP contribution in [-0.4, -0.2) is 27.9 Å². The molecule has 0 aliphatic carbocycles. The number of halogens is 1. The van der Waals surface area contributed by atoms with Crippen LogP contribution in [0.2, 0.25) is 0 Å². The lowest BCUT2D eigenvalue weighted by Gasteiger charge is -2.24. The number of ether oxygens (including phenoxy) is 1. The van der Waals surface area contributed by atoms with E-state index in [9.17, 15) is 4.79 Å². The Morgan fingerprint density at radius 1 is 1.20 bits per heavy atom. The summed E-state index contributed by atoms with van der Waals surface area (Å²) < 4.78 is 7.17. The second kappa shape index (κ2) is 10.5. The first-order valence-electron chi connectivity index (χ1n) is 10.4. The van der Waals surface area contributed by atoms with Gasteiger partial charge in [-0.15, -0.1) is 0 Å². The zero-order valence-electron chi connectivity index (χ0n) is 17.5. The van der Waals surface area contributed by atoms with Gasteiger partial charge in [0.2, 0.25) is 0 Å². The predicted molar refractivity (Wildman–Crippen MR) is 125 cm³/mol. The van der Waals surface area contributed by atoms with Gasteiger partial charge in [-0.05, 0) is 50.1 Å². The van der Waals surface area contributed by atoms with Gasteiger partial charge in [-0.25, -0.2) is 4.98 Å². The monoisotopic (exact) mass is 425 g/mol. The van der Waals surface area contributed by atoms with Crippen molar-refractivity contribution >= 4 is 38.4 Å². The molecule has 1 aliphatic heterocycles. The van der Waals surface area contributed by atoms with E-state index in [-0.39, 0.29) is 16.8 Å². The second-order valence-corrected chi connectivity index (χ2v) is 7.81. The Labute approximate surface area is 181 Å². The summed E-state index contributed by atoms with van der Waals surface area (Å²) in [6.45, 7) is 5.35. The van der Waals surface area contributed by atoms with Gasteiger partial charge in [-0.2, -0.15) is 0 Å². The Balaban J connectivity index is 0.000000589. The third kappa shape index (κ3) is 4.97. The van der Waals surface area contributed by atoms with Crippen LogP contribution in [0, 0.1) is 5.41 Å². The fourth-order valence-corrected chi connectivity index (χ4v) is 3.82. The van der Waals surface area contributed by atoms with E-state index in [1.54, 1.807) is 10.9 Å². The van der Waals surface area contributed by atoms with Gasteiger partial charge < -0.3 is 4.74 Å². The smallest absolute Gasteiger partial charge is 0.261 e. The molecule has 1 fully saturated rings. The van der Waals surface area contributed by atoms with Gasteiger partial charge in [0, 0.05) is 31.1 Å². The molecule has 30 heavy (non-hydrogen) atoms. The molecule has 0 amide bonds. The van der Waals surface area contributed by atoms with Crippen LogP contribution in [0.5, 0.6) is 0 Å². The molecule has 0 radical (unpaired) electrons. The van der Waals surface area contributed by atoms with Crippen molar-refractivity contribution in [1.82, 2.24) is 9.55 Å². The van der Waals surface area contributed by atoms with Crippen molar-refractivity contribution in [2.75, 3.05) is 13.2 Å². The van der Waals surface area contributed by atoms with Crippen molar-refractivity contribution in [1.29, 1.82) is 5.41 Å². The van der Waals surface area contributed by atoms with Crippen molar-refractivity contribution < 1.29 is 4.74 Å². The summed E-state index contributed by atoms with van der Waals surface area (Å²) in [5.74, 6) is 0. The van der Waals surface area contributed by atoms with Crippen molar-refractivity contribution in [3.8, 4) is 0 Å². The number of rotatable bonds is 4. The van der Waals surface area contributed by atoms with Crippen LogP contribution in [-0.2, 0) is 11.2 Å². The molecule has 2 aromatic carbocycles. The highest BCUT2D eigenvalue weighted by Crippen LogP contribution is 2.28. The molecule has 0 bridgehead atoms. The highest BCUT2D eigenvalue weighted by Gasteiger charge is 2.19. The maximum absolute atomic E-state index is 13.2. The zero-order valence-corrected chi connectivity index (χ0v) is 18.3. The zero-order chi connectivity index (χ0) is 21.5. The van der Waals surface area contributed by atoms with Gasteiger partial charge in [0.1, 0.15) is 0 Å². The summed E-state index contributed by atoms with van der Waals surface area (Å²) in [5.41, 5.74) is 1.76. The molecule has 1 aromatic heterocycles. The topological polar surface area (TPSA) is 68.0 Å². The Kier molecular flexibility index (Phi) is 7.77. The van der Waals surface area contributed by atoms with E-state index < -0.39 is 0 Å². The molecule has 1 aliphatic rings. The number of benzene rings is 2. The van der Waals surface area contributed by atoms with E-state index in [2.05, 4.69) is 4.98 Å². The van der Waals surface area contributed by atoms with Crippen molar-refractivity contribution in [3.05, 3.63) is 64.7 Å². The van der Waals surface area contributed by atoms with Crippen LogP contribution in [0.25, 0.3) is 21.7 Å². The van der Waals surface area contributed by atoms with Crippen LogP contribution in [0.1, 0.15) is 44.7 Å². The number of nitrogens with one attached hydrogen (secondary N) is 1. The summed E-state index contributed by atoms with van der Waals surface area (Å²) >= 11 is 5.75. The van der Waals surface area contributed by atoms with Crippen LogP contribution in [0.4, 0.5) is 0 Å². The number of aryl methyl sites for hydroxylation is 1. The van der Waals surface area contributed by atoms with Gasteiger partial charge in [0.05, 0.1) is 22.4 Å². The summed E-state index contributed by atoms with van der Waals surface area (Å²) in [7, 11) is 0. The minimum Gasteiger partial charge on any atom is -0.381 e. The molecule has 0 atom stereocenters. The minimum atomic E-state index is -0.00477. The summed E-state index contributed by atoms with van der Waals surface area (Å²) in [6.07, 6.45) is 8.44. The van der Waals surface area contributed by atoms with Gasteiger partial charge in [0.15, 0.2) is 0 Å². The number of fused-ring (bicyclic) bond motifs is 3. The van der Waals surface area contributed by atoms with Crippen LogP contribution < -0.4 is 5.56 Å². The molecule has 1 N–H and O–H groups in total. The molecule has 158 valence electrons. The maximum atomic E-state index is 13.2. The Morgan fingerprint density at radius 2 is 1.87 bits per heavy atom. The quantitative estimate of drug-likeness (QED) is 0.334. The molecule has 4 rings (SSSR count). The minimum absolute atomic E-state index is 0.00477. The maximum Gasteiger partial charge on any atom is 0.261 e. The first-order valence-corrected chi connectivity index (χ1v) is 10.7. The molecule has 3 aromatic rings. The van der Waals surface area contributed by atoms with E-state index >= 15 is 0 Å². The highest BCUT2D eigenvalue weighted by atomic mass is 35.5. The van der Waals surface area contributed by atoms with Crippen molar-refractivity contribution in [3.63, 3.8) is 0 Å². The van der Waals surface area contributed by atoms with E-state index in [0.717, 1.165) is 34.7 Å².